The molecule has 0 spiro atoms. The summed E-state index contributed by atoms with van der Waals surface area (Å²) in [5.41, 5.74) is 6.16. The number of benzene rings is 1. The molecule has 6 heteroatoms. The zero-order valence-corrected chi connectivity index (χ0v) is 12.4. The third kappa shape index (κ3) is 2.95. The van der Waals surface area contributed by atoms with Crippen LogP contribution in [-0.4, -0.2) is 5.78 Å². The first-order chi connectivity index (χ1) is 9.75. The number of carbonyl (C=O) groups is 1. The van der Waals surface area contributed by atoms with Gasteiger partial charge >= 0.3 is 6.18 Å². The van der Waals surface area contributed by atoms with Gasteiger partial charge in [-0.1, -0.05) is 19.1 Å². The van der Waals surface area contributed by atoms with Gasteiger partial charge in [-0.25, -0.2) is 0 Å². The van der Waals surface area contributed by atoms with Crippen molar-refractivity contribution in [3.8, 4) is 0 Å². The highest BCUT2D eigenvalue weighted by Gasteiger charge is 2.31. The molecule has 0 bridgehead atoms. The van der Waals surface area contributed by atoms with Crippen molar-refractivity contribution in [2.45, 2.75) is 26.4 Å². The van der Waals surface area contributed by atoms with Gasteiger partial charge in [0.15, 0.2) is 5.78 Å². The summed E-state index contributed by atoms with van der Waals surface area (Å²) in [6.07, 6.45) is -3.86. The number of hydrogen-bond acceptors (Lipinski definition) is 3. The van der Waals surface area contributed by atoms with E-state index in [0.717, 1.165) is 22.6 Å². The molecule has 2 N–H and O–H groups in total. The zero-order chi connectivity index (χ0) is 15.8. The lowest BCUT2D eigenvalue weighted by Crippen LogP contribution is -2.10. The zero-order valence-electron chi connectivity index (χ0n) is 11.5. The van der Waals surface area contributed by atoms with Crippen LogP contribution in [-0.2, 0) is 12.6 Å². The van der Waals surface area contributed by atoms with Gasteiger partial charge in [-0.05, 0) is 31.0 Å². The average Bonchev–Trinajstić information content (AvgIpc) is 2.71. The molecule has 2 aromatic rings. The molecule has 0 unspecified atom stereocenters. The van der Waals surface area contributed by atoms with Crippen molar-refractivity contribution in [3.63, 3.8) is 0 Å². The maximum absolute atomic E-state index is 12.7. The van der Waals surface area contributed by atoms with E-state index in [4.69, 9.17) is 5.73 Å². The van der Waals surface area contributed by atoms with Gasteiger partial charge in [-0.3, -0.25) is 4.79 Å². The third-order valence-electron chi connectivity index (χ3n) is 3.27. The van der Waals surface area contributed by atoms with Crippen LogP contribution < -0.4 is 5.73 Å². The van der Waals surface area contributed by atoms with Crippen LogP contribution in [0.5, 0.6) is 0 Å². The Bertz CT molecular complexity index is 689. The van der Waals surface area contributed by atoms with Crippen LogP contribution in [0, 0.1) is 6.92 Å². The van der Waals surface area contributed by atoms with Crippen LogP contribution >= 0.6 is 11.3 Å². The lowest BCUT2D eigenvalue weighted by molar-refractivity contribution is -0.137. The lowest BCUT2D eigenvalue weighted by atomic mass is 9.97. The molecule has 1 heterocycles. The highest BCUT2D eigenvalue weighted by atomic mass is 32.1. The molecule has 0 aliphatic rings. The third-order valence-corrected chi connectivity index (χ3v) is 4.25. The molecule has 0 fully saturated rings. The van der Waals surface area contributed by atoms with Crippen molar-refractivity contribution in [1.82, 2.24) is 0 Å². The van der Waals surface area contributed by atoms with Crippen molar-refractivity contribution in [2.75, 3.05) is 5.73 Å². The Morgan fingerprint density at radius 2 is 2.00 bits per heavy atom. The van der Waals surface area contributed by atoms with Crippen LogP contribution in [0.15, 0.2) is 24.3 Å². The number of anilines is 1. The van der Waals surface area contributed by atoms with E-state index >= 15 is 0 Å². The second-order valence-corrected chi connectivity index (χ2v) is 5.89. The first-order valence-corrected chi connectivity index (χ1v) is 7.17. The second kappa shape index (κ2) is 5.52. The molecule has 1 aromatic heterocycles. The molecule has 0 saturated carbocycles. The quantitative estimate of drug-likeness (QED) is 0.851. The van der Waals surface area contributed by atoms with E-state index in [1.807, 2.05) is 13.8 Å². The second-order valence-electron chi connectivity index (χ2n) is 4.64. The number of nitrogens with two attached hydrogens (primary N) is 1. The number of thiophene rings is 1. The molecule has 0 radical (unpaired) electrons. The monoisotopic (exact) mass is 313 g/mol. The molecule has 1 aromatic carbocycles. The van der Waals surface area contributed by atoms with E-state index in [1.165, 1.54) is 23.5 Å². The summed E-state index contributed by atoms with van der Waals surface area (Å²) in [5.74, 6) is -0.459. The van der Waals surface area contributed by atoms with Crippen molar-refractivity contribution >= 4 is 22.1 Å². The molecule has 0 atom stereocenters. The van der Waals surface area contributed by atoms with Crippen LogP contribution in [0.4, 0.5) is 18.2 Å². The molecule has 0 aliphatic heterocycles. The Kier molecular flexibility index (Phi) is 4.09. The Labute approximate surface area is 124 Å². The Morgan fingerprint density at radius 1 is 1.33 bits per heavy atom. The lowest BCUT2D eigenvalue weighted by Gasteiger charge is -2.09. The van der Waals surface area contributed by atoms with Gasteiger partial charge in [0.1, 0.15) is 0 Å². The van der Waals surface area contributed by atoms with Gasteiger partial charge in [-0.2, -0.15) is 13.2 Å². The minimum Gasteiger partial charge on any atom is -0.390 e. The fourth-order valence-electron chi connectivity index (χ4n) is 2.26. The van der Waals surface area contributed by atoms with Gasteiger partial charge in [0.25, 0.3) is 0 Å². The highest BCUT2D eigenvalue weighted by Crippen LogP contribution is 2.34. The number of aryl methyl sites for hydroxylation is 1. The van der Waals surface area contributed by atoms with E-state index in [-0.39, 0.29) is 5.56 Å². The summed E-state index contributed by atoms with van der Waals surface area (Å²) in [6.45, 7) is 3.74. The number of nitrogen functional groups attached to an aromatic ring is 1. The standard InChI is InChI=1S/C15H14F3NOS/c1-3-11-8(2)21-14(19)12(11)13(20)9-5-4-6-10(7-9)15(16,17)18/h4-7H,3,19H2,1-2H3. The fraction of sp³-hybridized carbons (Fsp3) is 0.267. The average molecular weight is 313 g/mol. The normalized spacial score (nSPS) is 11.7. The van der Waals surface area contributed by atoms with Crippen LogP contribution in [0.1, 0.15) is 38.8 Å². The molecule has 0 saturated heterocycles. The SMILES string of the molecule is CCc1c(C)sc(N)c1C(=O)c1cccc(C(F)(F)F)c1. The predicted molar refractivity (Wildman–Crippen MR) is 77.7 cm³/mol. The Hall–Kier alpha value is -1.82. The largest absolute Gasteiger partial charge is 0.416 e. The van der Waals surface area contributed by atoms with Gasteiger partial charge in [0.2, 0.25) is 0 Å². The van der Waals surface area contributed by atoms with E-state index in [0.29, 0.717) is 17.0 Å². The Morgan fingerprint density at radius 3 is 2.57 bits per heavy atom. The summed E-state index contributed by atoms with van der Waals surface area (Å²) in [6, 6.07) is 4.43. The summed E-state index contributed by atoms with van der Waals surface area (Å²) in [7, 11) is 0. The first kappa shape index (κ1) is 15.6. The smallest absolute Gasteiger partial charge is 0.390 e. The van der Waals surface area contributed by atoms with Crippen LogP contribution in [0.25, 0.3) is 0 Å². The topological polar surface area (TPSA) is 43.1 Å². The fourth-order valence-corrected chi connectivity index (χ4v) is 3.28. The van der Waals surface area contributed by atoms with Gasteiger partial charge < -0.3 is 5.73 Å². The molecular weight excluding hydrogens is 299 g/mol. The highest BCUT2D eigenvalue weighted by molar-refractivity contribution is 7.16. The molecular formula is C15H14F3NOS. The minimum atomic E-state index is -4.47. The number of ketones is 1. The number of rotatable bonds is 3. The molecule has 112 valence electrons. The van der Waals surface area contributed by atoms with Crippen molar-refractivity contribution in [1.29, 1.82) is 0 Å². The maximum Gasteiger partial charge on any atom is 0.416 e. The van der Waals surface area contributed by atoms with E-state index in [2.05, 4.69) is 0 Å². The summed E-state index contributed by atoms with van der Waals surface area (Å²) in [4.78, 5) is 13.4. The van der Waals surface area contributed by atoms with Crippen LogP contribution in [0.3, 0.4) is 0 Å². The summed E-state index contributed by atoms with van der Waals surface area (Å²) < 4.78 is 38.2. The predicted octanol–water partition coefficient (Wildman–Crippen LogP) is 4.45. The maximum atomic E-state index is 12.7. The number of hydrogen-bond donors (Lipinski definition) is 1. The van der Waals surface area contributed by atoms with E-state index < -0.39 is 17.5 Å². The van der Waals surface area contributed by atoms with E-state index in [1.54, 1.807) is 0 Å². The van der Waals surface area contributed by atoms with Gasteiger partial charge in [0, 0.05) is 10.4 Å². The number of alkyl halides is 3. The molecule has 2 rings (SSSR count). The number of halogens is 3. The Balaban J connectivity index is 2.51. The number of carbonyl (C=O) groups excluding carboxylic acids is 1. The van der Waals surface area contributed by atoms with Crippen molar-refractivity contribution < 1.29 is 18.0 Å². The summed E-state index contributed by atoms with van der Waals surface area (Å²) >= 11 is 1.29. The van der Waals surface area contributed by atoms with Gasteiger partial charge in [-0.15, -0.1) is 11.3 Å². The molecule has 2 nitrogen and oxygen atoms in total. The first-order valence-electron chi connectivity index (χ1n) is 6.35. The van der Waals surface area contributed by atoms with Crippen LogP contribution in [0.2, 0.25) is 0 Å². The molecule has 0 amide bonds. The molecule has 21 heavy (non-hydrogen) atoms. The minimum absolute atomic E-state index is 0.00373. The summed E-state index contributed by atoms with van der Waals surface area (Å²) in [5, 5.41) is 0.353. The van der Waals surface area contributed by atoms with E-state index in [9.17, 15) is 18.0 Å². The van der Waals surface area contributed by atoms with Gasteiger partial charge in [0.05, 0.1) is 16.1 Å². The molecule has 0 aliphatic carbocycles. The van der Waals surface area contributed by atoms with Crippen molar-refractivity contribution in [3.05, 3.63) is 51.4 Å². The van der Waals surface area contributed by atoms with Crippen molar-refractivity contribution in [2.24, 2.45) is 0 Å².